The van der Waals surface area contributed by atoms with Crippen LogP contribution in [0.5, 0.6) is 0 Å². The van der Waals surface area contributed by atoms with E-state index in [2.05, 4.69) is 192 Å². The van der Waals surface area contributed by atoms with Gasteiger partial charge in [0, 0.05) is 0 Å². The summed E-state index contributed by atoms with van der Waals surface area (Å²) in [5.41, 5.74) is 0. The normalized spacial score (nSPS) is 14.0. The molecule has 0 saturated heterocycles. The van der Waals surface area contributed by atoms with Crippen LogP contribution in [0, 0.1) is 0 Å². The van der Waals surface area contributed by atoms with Crippen molar-refractivity contribution in [1.82, 2.24) is 37.4 Å². The molecule has 8 nitrogen and oxygen atoms in total. The van der Waals surface area contributed by atoms with Crippen molar-refractivity contribution in [3.05, 3.63) is 0 Å². The monoisotopic (exact) mass is 1230 g/mol. The Morgan fingerprint density at radius 1 is 0.176 bits per heavy atom. The summed E-state index contributed by atoms with van der Waals surface area (Å²) >= 11 is 6.24. The molecule has 0 heterocycles. The Morgan fingerprint density at radius 2 is 0.309 bits per heavy atom. The molecule has 0 aromatic heterocycles. The number of nitrogens with zero attached hydrogens (tertiary/aromatic N) is 8. The van der Waals surface area contributed by atoms with Gasteiger partial charge in [-0.1, -0.05) is 0 Å². The molecule has 0 aromatic rings. The Kier molecular flexibility index (Phi) is 45.7. The van der Waals surface area contributed by atoms with Gasteiger partial charge in [-0.15, -0.1) is 0 Å². The zero-order chi connectivity index (χ0) is 51.8. The fourth-order valence-corrected chi connectivity index (χ4v) is 34.4. The summed E-state index contributed by atoms with van der Waals surface area (Å²) in [5, 5.41) is 0. The third-order valence-corrected chi connectivity index (χ3v) is 39.3. The van der Waals surface area contributed by atoms with Crippen molar-refractivity contribution < 1.29 is 0 Å². The van der Waals surface area contributed by atoms with E-state index >= 15 is 0 Å². The van der Waals surface area contributed by atoms with Gasteiger partial charge in [0.2, 0.25) is 0 Å². The van der Waals surface area contributed by atoms with Gasteiger partial charge in [-0.3, -0.25) is 0 Å². The van der Waals surface area contributed by atoms with Crippen LogP contribution in [0.15, 0.2) is 0 Å². The van der Waals surface area contributed by atoms with Crippen LogP contribution in [0.4, 0.5) is 0 Å². The molecular weight excluding hydrogens is 1100 g/mol. The predicted molar refractivity (Wildman–Crippen MR) is 336 cm³/mol. The fraction of sp³-hybridized carbons (Fsp3) is 1.00. The maximum atomic E-state index is 3.12. The first-order valence-corrected chi connectivity index (χ1v) is 40.0. The molecular formula is C56H128I2N8P2. The molecule has 0 radical (unpaired) electrons. The summed E-state index contributed by atoms with van der Waals surface area (Å²) in [6, 6.07) is 0. The molecule has 0 N–H and O–H groups in total. The molecule has 0 amide bonds. The molecule has 12 heteroatoms. The van der Waals surface area contributed by atoms with E-state index in [1.807, 2.05) is 0 Å². The van der Waals surface area contributed by atoms with Gasteiger partial charge in [-0.25, -0.2) is 0 Å². The van der Waals surface area contributed by atoms with Crippen molar-refractivity contribution in [3.8, 4) is 0 Å². The zero-order valence-corrected chi connectivity index (χ0v) is 55.6. The molecule has 0 fully saturated rings. The van der Waals surface area contributed by atoms with E-state index in [1.54, 1.807) is 0 Å². The van der Waals surface area contributed by atoms with Crippen molar-refractivity contribution in [3.63, 3.8) is 0 Å². The van der Waals surface area contributed by atoms with Crippen molar-refractivity contribution in [2.45, 2.75) is 265 Å². The molecule has 0 rings (SSSR count). The van der Waals surface area contributed by atoms with Gasteiger partial charge >= 0.3 is 461 Å². The van der Waals surface area contributed by atoms with Crippen LogP contribution in [0.1, 0.15) is 265 Å². The molecule has 0 unspecified atom stereocenters. The maximum absolute atomic E-state index is 3.12. The SMILES string of the molecule is CCCCCCCN(CCC)P(I)(N(CCC)CCC)(N(CCC)CCC)N(CCC)CCC.CCCCCCCN(CCC)P(I)(N(CCC)CCC)(N(CCC)CCC)N(CCC)CCC. The minimum atomic E-state index is -2.75. The van der Waals surface area contributed by atoms with Crippen LogP contribution in [-0.2, 0) is 0 Å². The molecule has 0 atom stereocenters. The van der Waals surface area contributed by atoms with Crippen LogP contribution >= 0.6 is 53.8 Å². The average molecular weight is 1230 g/mol. The summed E-state index contributed by atoms with van der Waals surface area (Å²) in [6.07, 6.45) is 30.9. The Balaban J connectivity index is 0. The first kappa shape index (κ1) is 72.1. The van der Waals surface area contributed by atoms with Crippen molar-refractivity contribution in [1.29, 1.82) is 0 Å². The minimum absolute atomic E-state index is 1.21. The van der Waals surface area contributed by atoms with Gasteiger partial charge in [-0.05, 0) is 0 Å². The zero-order valence-electron chi connectivity index (χ0n) is 49.5. The average Bonchev–Trinajstić information content (AvgIpc) is 3.32. The van der Waals surface area contributed by atoms with Gasteiger partial charge in [0.25, 0.3) is 0 Å². The van der Waals surface area contributed by atoms with Crippen LogP contribution in [-0.4, -0.2) is 142 Å². The summed E-state index contributed by atoms with van der Waals surface area (Å²) in [4.78, 5) is -5.51. The van der Waals surface area contributed by atoms with E-state index in [9.17, 15) is 0 Å². The van der Waals surface area contributed by atoms with Crippen molar-refractivity contribution in [2.24, 2.45) is 0 Å². The van der Waals surface area contributed by atoms with Crippen molar-refractivity contribution >= 4 is 53.8 Å². The van der Waals surface area contributed by atoms with Gasteiger partial charge in [0.05, 0.1) is 0 Å². The third-order valence-electron chi connectivity index (χ3n) is 13.7. The van der Waals surface area contributed by atoms with E-state index in [1.165, 1.54) is 259 Å². The van der Waals surface area contributed by atoms with Crippen LogP contribution in [0.3, 0.4) is 0 Å². The number of unbranched alkanes of at least 4 members (excludes halogenated alkanes) is 8. The van der Waals surface area contributed by atoms with Gasteiger partial charge in [-0.2, -0.15) is 0 Å². The summed E-state index contributed by atoms with van der Waals surface area (Å²) in [6.45, 7) is 57.6. The molecule has 0 aliphatic heterocycles. The second-order valence-electron chi connectivity index (χ2n) is 20.1. The molecule has 416 valence electrons. The third kappa shape index (κ3) is 20.5. The Morgan fingerprint density at radius 3 is 0.441 bits per heavy atom. The van der Waals surface area contributed by atoms with Gasteiger partial charge < -0.3 is 0 Å². The molecule has 0 aliphatic rings. The summed E-state index contributed by atoms with van der Waals surface area (Å²) < 4.78 is 24.3. The van der Waals surface area contributed by atoms with E-state index in [4.69, 9.17) is 0 Å². The molecule has 68 heavy (non-hydrogen) atoms. The van der Waals surface area contributed by atoms with E-state index in [0.717, 1.165) is 0 Å². The molecule has 0 bridgehead atoms. The number of halogens is 2. The Bertz CT molecular complexity index is 920. The first-order valence-electron chi connectivity index (χ1n) is 30.3. The number of rotatable bonds is 48. The van der Waals surface area contributed by atoms with E-state index in [-0.39, 0.29) is 0 Å². The van der Waals surface area contributed by atoms with E-state index in [0.29, 0.717) is 0 Å². The van der Waals surface area contributed by atoms with Crippen LogP contribution < -0.4 is 0 Å². The van der Waals surface area contributed by atoms with Gasteiger partial charge in [0.1, 0.15) is 0 Å². The standard InChI is InChI=1S/2C28H64IN4P/c2*1-9-17-18-19-20-28-33(27-16-8)34(29,30(21-10-2)22-11-3,31(23-12-4)24-13-5)32(25-14-6)26-15-7/h2*9-28H2,1-8H3. The topological polar surface area (TPSA) is 25.9 Å². The molecule has 0 spiro atoms. The molecule has 0 aliphatic carbocycles. The molecule has 0 saturated carbocycles. The van der Waals surface area contributed by atoms with Crippen LogP contribution in [0.25, 0.3) is 0 Å². The Hall–Kier alpha value is 2.00. The van der Waals surface area contributed by atoms with Gasteiger partial charge in [0.15, 0.2) is 0 Å². The van der Waals surface area contributed by atoms with Crippen molar-refractivity contribution in [2.75, 3.05) is 105 Å². The fourth-order valence-electron chi connectivity index (χ4n) is 11.2. The second kappa shape index (κ2) is 43.1. The summed E-state index contributed by atoms with van der Waals surface area (Å²) in [7, 11) is 0. The Labute approximate surface area is 457 Å². The second-order valence-corrected chi connectivity index (χ2v) is 38.4. The molecule has 0 aromatic carbocycles. The van der Waals surface area contributed by atoms with E-state index < -0.39 is 9.70 Å². The number of hydrogen-bond donors (Lipinski definition) is 0. The first-order chi connectivity index (χ1) is 32.8. The predicted octanol–water partition coefficient (Wildman–Crippen LogP) is 19.2. The quantitative estimate of drug-likeness (QED) is 0.0338. The summed E-state index contributed by atoms with van der Waals surface area (Å²) in [5.74, 6) is 0. The number of hydrogen-bond acceptors (Lipinski definition) is 8. The van der Waals surface area contributed by atoms with Crippen LogP contribution in [0.2, 0.25) is 0 Å².